The molecule has 1 fully saturated rings. The second-order valence-electron chi connectivity index (χ2n) is 3.53. The summed E-state index contributed by atoms with van der Waals surface area (Å²) in [4.78, 5) is 24.1. The number of carbonyl (C=O) groups excluding carboxylic acids is 2. The van der Waals surface area contributed by atoms with Crippen molar-refractivity contribution in [3.63, 3.8) is 0 Å². The molecule has 1 aliphatic heterocycles. The second-order valence-corrected chi connectivity index (χ2v) is 3.53. The molecular weight excluding hydrogens is 208 g/mol. The highest BCUT2D eigenvalue weighted by Gasteiger charge is 2.22. The van der Waals surface area contributed by atoms with Gasteiger partial charge in [-0.2, -0.15) is 0 Å². The minimum Gasteiger partial charge on any atom is -0.497 e. The van der Waals surface area contributed by atoms with Gasteiger partial charge in [0.05, 0.1) is 20.2 Å². The Labute approximate surface area is 93.0 Å². The molecule has 5 nitrogen and oxygen atoms in total. The second kappa shape index (κ2) is 4.22. The summed E-state index contributed by atoms with van der Waals surface area (Å²) >= 11 is 0. The molecule has 1 heterocycles. The van der Waals surface area contributed by atoms with Crippen molar-refractivity contribution in [1.29, 1.82) is 0 Å². The summed E-state index contributed by atoms with van der Waals surface area (Å²) in [5.41, 5.74) is 0.808. The van der Waals surface area contributed by atoms with Crippen LogP contribution in [0, 0.1) is 0 Å². The molecule has 1 N–H and O–H groups in total. The maximum absolute atomic E-state index is 11.2. The molecule has 2 rings (SSSR count). The predicted octanol–water partition coefficient (Wildman–Crippen LogP) is 0.158. The van der Waals surface area contributed by atoms with E-state index in [1.807, 2.05) is 18.2 Å². The lowest BCUT2D eigenvalue weighted by molar-refractivity contribution is -0.130. The Kier molecular flexibility index (Phi) is 2.76. The topological polar surface area (TPSA) is 58.6 Å². The molecule has 1 saturated heterocycles. The number of piperazine rings is 1. The smallest absolute Gasteiger partial charge is 0.246 e. The zero-order valence-electron chi connectivity index (χ0n) is 8.90. The van der Waals surface area contributed by atoms with E-state index in [9.17, 15) is 9.59 Å². The molecule has 1 aromatic carbocycles. The standard InChI is InChI=1S/C11H12N2O3/c1-16-9-4-2-3-8(5-9)13-6-10(14)12-11(15)7-13/h2-5H,6-7H2,1H3,(H,12,14,15). The molecule has 16 heavy (non-hydrogen) atoms. The van der Waals surface area contributed by atoms with Gasteiger partial charge in [-0.25, -0.2) is 0 Å². The van der Waals surface area contributed by atoms with Crippen molar-refractivity contribution < 1.29 is 14.3 Å². The van der Waals surface area contributed by atoms with Gasteiger partial charge in [0, 0.05) is 11.8 Å². The van der Waals surface area contributed by atoms with E-state index in [0.29, 0.717) is 5.75 Å². The van der Waals surface area contributed by atoms with E-state index in [1.54, 1.807) is 18.1 Å². The summed E-state index contributed by atoms with van der Waals surface area (Å²) in [6, 6.07) is 7.28. The molecule has 0 bridgehead atoms. The maximum Gasteiger partial charge on any atom is 0.246 e. The fourth-order valence-electron chi connectivity index (χ4n) is 1.63. The van der Waals surface area contributed by atoms with Gasteiger partial charge in [0.15, 0.2) is 0 Å². The molecule has 0 unspecified atom stereocenters. The Balaban J connectivity index is 2.22. The van der Waals surface area contributed by atoms with Gasteiger partial charge in [-0.15, -0.1) is 0 Å². The minimum atomic E-state index is -0.279. The molecule has 0 aliphatic carbocycles. The van der Waals surface area contributed by atoms with Crippen LogP contribution in [0.2, 0.25) is 0 Å². The lowest BCUT2D eigenvalue weighted by Crippen LogP contribution is -2.51. The Morgan fingerprint density at radius 3 is 2.56 bits per heavy atom. The molecule has 1 aromatic rings. The number of carbonyl (C=O) groups is 2. The van der Waals surface area contributed by atoms with Crippen LogP contribution in [0.15, 0.2) is 24.3 Å². The van der Waals surface area contributed by atoms with E-state index in [4.69, 9.17) is 4.74 Å². The fourth-order valence-corrected chi connectivity index (χ4v) is 1.63. The Bertz CT molecular complexity index is 415. The molecule has 0 spiro atoms. The van der Waals surface area contributed by atoms with E-state index in [2.05, 4.69) is 5.32 Å². The van der Waals surface area contributed by atoms with Crippen LogP contribution in [0.4, 0.5) is 5.69 Å². The number of methoxy groups -OCH3 is 1. The van der Waals surface area contributed by atoms with Crippen LogP contribution in [0.25, 0.3) is 0 Å². The van der Waals surface area contributed by atoms with E-state index in [1.165, 1.54) is 0 Å². The van der Waals surface area contributed by atoms with E-state index in [-0.39, 0.29) is 24.9 Å². The first-order chi connectivity index (χ1) is 7.69. The average molecular weight is 220 g/mol. The van der Waals surface area contributed by atoms with E-state index < -0.39 is 0 Å². The summed E-state index contributed by atoms with van der Waals surface area (Å²) in [7, 11) is 1.58. The molecule has 0 aromatic heterocycles. The van der Waals surface area contributed by atoms with Crippen molar-refractivity contribution in [2.24, 2.45) is 0 Å². The lowest BCUT2D eigenvalue weighted by Gasteiger charge is -2.27. The minimum absolute atomic E-state index is 0.193. The van der Waals surface area contributed by atoms with Crippen molar-refractivity contribution in [3.8, 4) is 5.75 Å². The Hall–Kier alpha value is -2.04. The third-order valence-electron chi connectivity index (χ3n) is 2.37. The molecular formula is C11H12N2O3. The number of nitrogens with zero attached hydrogens (tertiary/aromatic N) is 1. The van der Waals surface area contributed by atoms with Gasteiger partial charge < -0.3 is 9.64 Å². The van der Waals surface area contributed by atoms with Crippen molar-refractivity contribution in [2.75, 3.05) is 25.1 Å². The van der Waals surface area contributed by atoms with Crippen LogP contribution in [-0.2, 0) is 9.59 Å². The number of amides is 2. The van der Waals surface area contributed by atoms with Gasteiger partial charge in [-0.1, -0.05) is 6.07 Å². The quantitative estimate of drug-likeness (QED) is 0.721. The average Bonchev–Trinajstić information content (AvgIpc) is 2.28. The number of hydrogen-bond donors (Lipinski definition) is 1. The summed E-state index contributed by atoms with van der Waals surface area (Å²) in [5.74, 6) is 0.147. The van der Waals surface area contributed by atoms with Crippen LogP contribution in [0.5, 0.6) is 5.75 Å². The highest BCUT2D eigenvalue weighted by atomic mass is 16.5. The van der Waals surface area contributed by atoms with Crippen molar-refractivity contribution in [1.82, 2.24) is 5.32 Å². The summed E-state index contributed by atoms with van der Waals surface area (Å²) < 4.78 is 5.09. The first-order valence-electron chi connectivity index (χ1n) is 4.91. The van der Waals surface area contributed by atoms with E-state index in [0.717, 1.165) is 5.69 Å². The number of benzene rings is 1. The Morgan fingerprint density at radius 1 is 1.25 bits per heavy atom. The SMILES string of the molecule is COc1cccc(N2CC(=O)NC(=O)C2)c1. The number of hydrogen-bond acceptors (Lipinski definition) is 4. The highest BCUT2D eigenvalue weighted by Crippen LogP contribution is 2.21. The van der Waals surface area contributed by atoms with Crippen LogP contribution in [0.1, 0.15) is 0 Å². The summed E-state index contributed by atoms with van der Waals surface area (Å²) in [5, 5.41) is 2.26. The summed E-state index contributed by atoms with van der Waals surface area (Å²) in [6.07, 6.45) is 0. The maximum atomic E-state index is 11.2. The molecule has 2 amide bonds. The van der Waals surface area contributed by atoms with Crippen LogP contribution in [-0.4, -0.2) is 32.0 Å². The first kappa shape index (κ1) is 10.5. The Morgan fingerprint density at radius 2 is 1.94 bits per heavy atom. The highest BCUT2D eigenvalue weighted by molar-refractivity contribution is 6.02. The van der Waals surface area contributed by atoms with Crippen LogP contribution >= 0.6 is 0 Å². The van der Waals surface area contributed by atoms with Gasteiger partial charge >= 0.3 is 0 Å². The zero-order chi connectivity index (χ0) is 11.5. The van der Waals surface area contributed by atoms with Gasteiger partial charge in [0.2, 0.25) is 11.8 Å². The molecule has 0 saturated carbocycles. The zero-order valence-corrected chi connectivity index (χ0v) is 8.90. The number of ether oxygens (including phenoxy) is 1. The van der Waals surface area contributed by atoms with E-state index >= 15 is 0 Å². The van der Waals surface area contributed by atoms with Gasteiger partial charge in [0.1, 0.15) is 5.75 Å². The van der Waals surface area contributed by atoms with Gasteiger partial charge in [0.25, 0.3) is 0 Å². The third kappa shape index (κ3) is 2.13. The molecule has 5 heteroatoms. The third-order valence-corrected chi connectivity index (χ3v) is 2.37. The summed E-state index contributed by atoms with van der Waals surface area (Å²) in [6.45, 7) is 0.387. The van der Waals surface area contributed by atoms with Crippen LogP contribution in [0.3, 0.4) is 0 Å². The number of rotatable bonds is 2. The molecule has 0 atom stereocenters. The monoisotopic (exact) mass is 220 g/mol. The number of anilines is 1. The lowest BCUT2D eigenvalue weighted by atomic mass is 10.2. The van der Waals surface area contributed by atoms with Gasteiger partial charge in [-0.3, -0.25) is 14.9 Å². The van der Waals surface area contributed by atoms with Crippen molar-refractivity contribution in [2.45, 2.75) is 0 Å². The molecule has 1 aliphatic rings. The largest absolute Gasteiger partial charge is 0.497 e. The normalized spacial score (nSPS) is 15.9. The number of nitrogens with one attached hydrogen (secondary N) is 1. The molecule has 0 radical (unpaired) electrons. The van der Waals surface area contributed by atoms with Crippen molar-refractivity contribution in [3.05, 3.63) is 24.3 Å². The number of imide groups is 1. The van der Waals surface area contributed by atoms with Gasteiger partial charge in [-0.05, 0) is 12.1 Å². The predicted molar refractivity (Wildman–Crippen MR) is 58.4 cm³/mol. The molecule has 84 valence electrons. The first-order valence-corrected chi connectivity index (χ1v) is 4.91. The van der Waals surface area contributed by atoms with Crippen molar-refractivity contribution >= 4 is 17.5 Å². The fraction of sp³-hybridized carbons (Fsp3) is 0.273. The van der Waals surface area contributed by atoms with Crippen LogP contribution < -0.4 is 15.0 Å².